The van der Waals surface area contributed by atoms with Gasteiger partial charge < -0.3 is 9.64 Å². The molecule has 0 aliphatic carbocycles. The van der Waals surface area contributed by atoms with Gasteiger partial charge in [-0.3, -0.25) is 0 Å². The molecule has 2 nitrogen and oxygen atoms in total. The lowest BCUT2D eigenvalue weighted by Crippen LogP contribution is -2.26. The van der Waals surface area contributed by atoms with Gasteiger partial charge in [0.15, 0.2) is 0 Å². The third kappa shape index (κ3) is 4.16. The molecule has 1 heterocycles. The minimum Gasteiger partial charge on any atom is -0.487 e. The molecule has 2 aromatic carbocycles. The van der Waals surface area contributed by atoms with E-state index in [1.54, 1.807) is 6.07 Å². The van der Waals surface area contributed by atoms with Crippen molar-refractivity contribution in [1.29, 1.82) is 0 Å². The molecule has 1 fully saturated rings. The Morgan fingerprint density at radius 3 is 2.42 bits per heavy atom. The van der Waals surface area contributed by atoms with Gasteiger partial charge in [-0.1, -0.05) is 24.4 Å². The number of hydrogen-bond donors (Lipinski definition) is 0. The van der Waals surface area contributed by atoms with Gasteiger partial charge in [0, 0.05) is 18.7 Å². The topological polar surface area (TPSA) is 12.5 Å². The first-order valence-electron chi connectivity index (χ1n) is 7.70. The minimum absolute atomic E-state index is 0.263. The van der Waals surface area contributed by atoms with E-state index >= 15 is 0 Å². The highest BCUT2D eigenvalue weighted by molar-refractivity contribution is 9.11. The standard InChI is InChI=1S/C18H16Br2FNOS/c19-15-9-13(18(24)22-6-1-2-7-22)10-16(20)17(15)23-11-12-4-3-5-14(21)8-12/h3-5,8-10H,1-2,6-7,11H2. The van der Waals surface area contributed by atoms with Crippen LogP contribution in [-0.2, 0) is 6.61 Å². The number of nitrogens with zero attached hydrogens (tertiary/aromatic N) is 1. The summed E-state index contributed by atoms with van der Waals surface area (Å²) in [6.45, 7) is 2.34. The zero-order valence-electron chi connectivity index (χ0n) is 12.9. The first-order chi connectivity index (χ1) is 11.5. The average Bonchev–Trinajstić information content (AvgIpc) is 3.07. The lowest BCUT2D eigenvalue weighted by atomic mass is 10.2. The molecule has 24 heavy (non-hydrogen) atoms. The second kappa shape index (κ2) is 7.93. The molecule has 0 unspecified atom stereocenters. The molecule has 0 atom stereocenters. The van der Waals surface area contributed by atoms with Crippen LogP contribution in [0.3, 0.4) is 0 Å². The summed E-state index contributed by atoms with van der Waals surface area (Å²) < 4.78 is 20.7. The van der Waals surface area contributed by atoms with Crippen molar-refractivity contribution in [3.63, 3.8) is 0 Å². The summed E-state index contributed by atoms with van der Waals surface area (Å²) in [6.07, 6.45) is 2.38. The van der Waals surface area contributed by atoms with Gasteiger partial charge in [-0.2, -0.15) is 0 Å². The maximum Gasteiger partial charge on any atom is 0.148 e. The lowest BCUT2D eigenvalue weighted by Gasteiger charge is -2.20. The van der Waals surface area contributed by atoms with Crippen LogP contribution in [0.2, 0.25) is 0 Å². The van der Waals surface area contributed by atoms with Gasteiger partial charge in [-0.15, -0.1) is 0 Å². The van der Waals surface area contributed by atoms with Crippen LogP contribution < -0.4 is 4.74 Å². The van der Waals surface area contributed by atoms with Gasteiger partial charge in [-0.25, -0.2) is 4.39 Å². The third-order valence-corrected chi connectivity index (χ3v) is 5.58. The van der Waals surface area contributed by atoms with E-state index in [1.165, 1.54) is 25.0 Å². The highest BCUT2D eigenvalue weighted by atomic mass is 79.9. The number of benzene rings is 2. The second-order valence-electron chi connectivity index (χ2n) is 5.69. The monoisotopic (exact) mass is 471 g/mol. The Hall–Kier alpha value is -0.980. The van der Waals surface area contributed by atoms with Crippen molar-refractivity contribution in [3.8, 4) is 5.75 Å². The fourth-order valence-electron chi connectivity index (χ4n) is 2.71. The first-order valence-corrected chi connectivity index (χ1v) is 9.69. The van der Waals surface area contributed by atoms with Crippen molar-refractivity contribution in [2.24, 2.45) is 0 Å². The lowest BCUT2D eigenvalue weighted by molar-refractivity contribution is 0.301. The smallest absolute Gasteiger partial charge is 0.148 e. The Morgan fingerprint density at radius 1 is 1.12 bits per heavy atom. The zero-order valence-corrected chi connectivity index (χ0v) is 16.9. The molecule has 1 saturated heterocycles. The molecule has 0 saturated carbocycles. The van der Waals surface area contributed by atoms with E-state index in [-0.39, 0.29) is 5.82 Å². The first kappa shape index (κ1) is 17.8. The van der Waals surface area contributed by atoms with E-state index in [9.17, 15) is 4.39 Å². The van der Waals surface area contributed by atoms with E-state index in [1.807, 2.05) is 18.2 Å². The van der Waals surface area contributed by atoms with Gasteiger partial charge in [-0.05, 0) is 74.5 Å². The molecule has 0 bridgehead atoms. The summed E-state index contributed by atoms with van der Waals surface area (Å²) in [5.41, 5.74) is 1.77. The van der Waals surface area contributed by atoms with E-state index in [0.717, 1.165) is 38.2 Å². The van der Waals surface area contributed by atoms with Crippen LogP contribution in [0.4, 0.5) is 4.39 Å². The maximum atomic E-state index is 13.2. The van der Waals surface area contributed by atoms with Crippen LogP contribution in [-0.4, -0.2) is 23.0 Å². The second-order valence-corrected chi connectivity index (χ2v) is 7.78. The van der Waals surface area contributed by atoms with Crippen molar-refractivity contribution < 1.29 is 9.13 Å². The van der Waals surface area contributed by atoms with Crippen LogP contribution in [0.5, 0.6) is 5.75 Å². The number of halogens is 3. The predicted octanol–water partition coefficient (Wildman–Crippen LogP) is 5.70. The van der Waals surface area contributed by atoms with Crippen LogP contribution in [0.1, 0.15) is 24.0 Å². The average molecular weight is 473 g/mol. The number of ether oxygens (including phenoxy) is 1. The van der Waals surface area contributed by atoms with Gasteiger partial charge >= 0.3 is 0 Å². The van der Waals surface area contributed by atoms with E-state index < -0.39 is 0 Å². The fraction of sp³-hybridized carbons (Fsp3) is 0.278. The molecule has 0 radical (unpaired) electrons. The van der Waals surface area contributed by atoms with Crippen molar-refractivity contribution in [1.82, 2.24) is 4.90 Å². The molecule has 126 valence electrons. The normalized spacial score (nSPS) is 14.0. The van der Waals surface area contributed by atoms with Gasteiger partial charge in [0.25, 0.3) is 0 Å². The Morgan fingerprint density at radius 2 is 1.79 bits per heavy atom. The molecule has 0 N–H and O–H groups in total. The molecule has 3 rings (SSSR count). The van der Waals surface area contributed by atoms with Crippen molar-refractivity contribution in [2.45, 2.75) is 19.4 Å². The molecule has 0 amide bonds. The summed E-state index contributed by atoms with van der Waals surface area (Å²) in [5, 5.41) is 0. The molecule has 1 aliphatic rings. The largest absolute Gasteiger partial charge is 0.487 e. The molecular formula is C18H16Br2FNOS. The van der Waals surface area contributed by atoms with E-state index in [2.05, 4.69) is 36.8 Å². The Kier molecular flexibility index (Phi) is 5.89. The van der Waals surface area contributed by atoms with Crippen molar-refractivity contribution in [3.05, 3.63) is 62.3 Å². The van der Waals surface area contributed by atoms with Crippen molar-refractivity contribution >= 4 is 49.1 Å². The number of thiocarbonyl (C=S) groups is 1. The third-order valence-electron chi connectivity index (χ3n) is 3.91. The summed E-state index contributed by atoms with van der Waals surface area (Å²) in [4.78, 5) is 3.10. The van der Waals surface area contributed by atoms with Gasteiger partial charge in [0.1, 0.15) is 23.2 Å². The van der Waals surface area contributed by atoms with Crippen LogP contribution >= 0.6 is 44.1 Å². The number of rotatable bonds is 4. The van der Waals surface area contributed by atoms with Crippen molar-refractivity contribution in [2.75, 3.05) is 13.1 Å². The van der Waals surface area contributed by atoms with Crippen LogP contribution in [0.15, 0.2) is 45.3 Å². The molecule has 1 aliphatic heterocycles. The summed E-state index contributed by atoms with van der Waals surface area (Å²) >= 11 is 12.7. The van der Waals surface area contributed by atoms with E-state index in [4.69, 9.17) is 17.0 Å². The molecule has 6 heteroatoms. The van der Waals surface area contributed by atoms with E-state index in [0.29, 0.717) is 12.4 Å². The number of hydrogen-bond acceptors (Lipinski definition) is 2. The summed E-state index contributed by atoms with van der Waals surface area (Å²) in [5.74, 6) is 0.424. The maximum absolute atomic E-state index is 13.2. The molecule has 0 aromatic heterocycles. The number of likely N-dealkylation sites (tertiary alicyclic amines) is 1. The Balaban J connectivity index is 1.76. The highest BCUT2D eigenvalue weighted by Crippen LogP contribution is 2.36. The molecule has 0 spiro atoms. The highest BCUT2D eigenvalue weighted by Gasteiger charge is 2.18. The molecule has 2 aromatic rings. The summed E-state index contributed by atoms with van der Waals surface area (Å²) in [6, 6.07) is 10.4. The van der Waals surface area contributed by atoms with Crippen LogP contribution in [0.25, 0.3) is 0 Å². The minimum atomic E-state index is -0.263. The SMILES string of the molecule is Fc1cccc(COc2c(Br)cc(C(=S)N3CCCC3)cc2Br)c1. The Bertz CT molecular complexity index is 739. The fourth-order valence-corrected chi connectivity index (χ4v) is 4.42. The Labute approximate surface area is 163 Å². The molecular weight excluding hydrogens is 457 g/mol. The predicted molar refractivity (Wildman–Crippen MR) is 105 cm³/mol. The quantitative estimate of drug-likeness (QED) is 0.529. The van der Waals surface area contributed by atoms with Crippen LogP contribution in [0, 0.1) is 5.82 Å². The van der Waals surface area contributed by atoms with Gasteiger partial charge in [0.2, 0.25) is 0 Å². The van der Waals surface area contributed by atoms with Gasteiger partial charge in [0.05, 0.1) is 8.95 Å². The summed E-state index contributed by atoms with van der Waals surface area (Å²) in [7, 11) is 0. The zero-order chi connectivity index (χ0) is 17.1.